The molecular formula is C10H19N3. The molecule has 1 rings (SSSR count). The summed E-state index contributed by atoms with van der Waals surface area (Å²) in [5.74, 6) is 0. The zero-order valence-electron chi connectivity index (χ0n) is 8.75. The van der Waals surface area contributed by atoms with E-state index in [0.29, 0.717) is 6.04 Å². The van der Waals surface area contributed by atoms with E-state index in [9.17, 15) is 0 Å². The highest BCUT2D eigenvalue weighted by Crippen LogP contribution is 2.11. The van der Waals surface area contributed by atoms with Crippen LogP contribution in [0.3, 0.4) is 0 Å². The van der Waals surface area contributed by atoms with Gasteiger partial charge in [-0.15, -0.1) is 0 Å². The van der Waals surface area contributed by atoms with E-state index in [1.54, 1.807) is 0 Å². The fourth-order valence-electron chi connectivity index (χ4n) is 1.45. The normalized spacial score (nSPS) is 13.2. The van der Waals surface area contributed by atoms with Crippen LogP contribution in [0.4, 0.5) is 0 Å². The summed E-state index contributed by atoms with van der Waals surface area (Å²) in [5.41, 5.74) is 1.12. The molecule has 3 heteroatoms. The molecule has 0 aromatic carbocycles. The summed E-state index contributed by atoms with van der Waals surface area (Å²) in [6.45, 7) is 5.26. The minimum atomic E-state index is 0.524. The first kappa shape index (κ1) is 10.3. The van der Waals surface area contributed by atoms with E-state index in [0.717, 1.165) is 12.2 Å². The van der Waals surface area contributed by atoms with Gasteiger partial charge in [-0.05, 0) is 26.5 Å². The predicted molar refractivity (Wildman–Crippen MR) is 54.6 cm³/mol. The minimum absolute atomic E-state index is 0.524. The maximum Gasteiger partial charge on any atom is 0.0762 e. The number of nitrogens with zero attached hydrogens (tertiary/aromatic N) is 2. The van der Waals surface area contributed by atoms with Crippen molar-refractivity contribution in [1.29, 1.82) is 0 Å². The molecule has 0 bridgehead atoms. The first-order chi connectivity index (χ1) is 6.27. The molecule has 1 N–H and O–H groups in total. The zero-order chi connectivity index (χ0) is 9.68. The van der Waals surface area contributed by atoms with E-state index in [1.165, 1.54) is 12.8 Å². The maximum atomic E-state index is 4.47. The SMILES string of the molecule is CCCC(C)n1ccc(CNC)n1. The van der Waals surface area contributed by atoms with Crippen LogP contribution in [-0.4, -0.2) is 16.8 Å². The molecule has 0 radical (unpaired) electrons. The maximum absolute atomic E-state index is 4.47. The van der Waals surface area contributed by atoms with Gasteiger partial charge in [0.1, 0.15) is 0 Å². The van der Waals surface area contributed by atoms with E-state index < -0.39 is 0 Å². The third-order valence-corrected chi connectivity index (χ3v) is 2.18. The van der Waals surface area contributed by atoms with Crippen molar-refractivity contribution in [3.8, 4) is 0 Å². The third kappa shape index (κ3) is 2.84. The number of nitrogens with one attached hydrogen (secondary N) is 1. The average molecular weight is 181 g/mol. The summed E-state index contributed by atoms with van der Waals surface area (Å²) >= 11 is 0. The van der Waals surface area contributed by atoms with E-state index in [1.807, 2.05) is 7.05 Å². The number of hydrogen-bond acceptors (Lipinski definition) is 2. The molecular weight excluding hydrogens is 162 g/mol. The number of rotatable bonds is 5. The molecule has 1 aromatic heterocycles. The fraction of sp³-hybridized carbons (Fsp3) is 0.700. The van der Waals surface area contributed by atoms with Crippen LogP contribution < -0.4 is 5.32 Å². The molecule has 3 nitrogen and oxygen atoms in total. The molecule has 0 spiro atoms. The smallest absolute Gasteiger partial charge is 0.0762 e. The topological polar surface area (TPSA) is 29.9 Å². The lowest BCUT2D eigenvalue weighted by atomic mass is 10.2. The molecule has 13 heavy (non-hydrogen) atoms. The fourth-order valence-corrected chi connectivity index (χ4v) is 1.45. The Morgan fingerprint density at radius 1 is 1.62 bits per heavy atom. The summed E-state index contributed by atoms with van der Waals surface area (Å²) in [6.07, 6.45) is 4.47. The lowest BCUT2D eigenvalue weighted by molar-refractivity contribution is 0.450. The molecule has 1 aromatic rings. The predicted octanol–water partition coefficient (Wildman–Crippen LogP) is 1.96. The standard InChI is InChI=1S/C10H19N3/c1-4-5-9(2)13-7-6-10(12-13)8-11-3/h6-7,9,11H,4-5,8H2,1-3H3. The van der Waals surface area contributed by atoms with Gasteiger partial charge in [-0.25, -0.2) is 0 Å². The van der Waals surface area contributed by atoms with Gasteiger partial charge in [-0.1, -0.05) is 13.3 Å². The van der Waals surface area contributed by atoms with Crippen LogP contribution in [0, 0.1) is 0 Å². The van der Waals surface area contributed by atoms with Crippen LogP contribution in [0.2, 0.25) is 0 Å². The van der Waals surface area contributed by atoms with E-state index in [2.05, 4.69) is 41.2 Å². The summed E-state index contributed by atoms with van der Waals surface area (Å²) in [5, 5.41) is 7.57. The number of hydrogen-bond donors (Lipinski definition) is 1. The van der Waals surface area contributed by atoms with Crippen molar-refractivity contribution >= 4 is 0 Å². The Kier molecular flexibility index (Phi) is 3.96. The molecule has 0 saturated heterocycles. The van der Waals surface area contributed by atoms with Crippen molar-refractivity contribution in [2.45, 2.75) is 39.3 Å². The van der Waals surface area contributed by atoms with Crippen LogP contribution in [0.25, 0.3) is 0 Å². The number of aromatic nitrogens is 2. The van der Waals surface area contributed by atoms with Crippen LogP contribution in [0.1, 0.15) is 38.4 Å². The van der Waals surface area contributed by atoms with E-state index in [4.69, 9.17) is 0 Å². The van der Waals surface area contributed by atoms with Gasteiger partial charge in [0, 0.05) is 18.8 Å². The Labute approximate surface area is 80.1 Å². The minimum Gasteiger partial charge on any atom is -0.314 e. The molecule has 1 unspecified atom stereocenters. The first-order valence-electron chi connectivity index (χ1n) is 4.96. The van der Waals surface area contributed by atoms with Gasteiger partial charge >= 0.3 is 0 Å². The van der Waals surface area contributed by atoms with Gasteiger partial charge in [-0.3, -0.25) is 4.68 Å². The highest BCUT2D eigenvalue weighted by molar-refractivity contribution is 4.98. The molecule has 74 valence electrons. The molecule has 0 aliphatic carbocycles. The van der Waals surface area contributed by atoms with Crippen molar-refractivity contribution in [1.82, 2.24) is 15.1 Å². The monoisotopic (exact) mass is 181 g/mol. The van der Waals surface area contributed by atoms with Crippen molar-refractivity contribution in [2.24, 2.45) is 0 Å². The summed E-state index contributed by atoms with van der Waals surface area (Å²) in [7, 11) is 1.94. The first-order valence-corrected chi connectivity index (χ1v) is 4.96. The largest absolute Gasteiger partial charge is 0.314 e. The Balaban J connectivity index is 2.56. The second-order valence-electron chi connectivity index (χ2n) is 3.46. The average Bonchev–Trinajstić information content (AvgIpc) is 2.54. The Morgan fingerprint density at radius 3 is 3.00 bits per heavy atom. The molecule has 0 aliphatic heterocycles. The van der Waals surface area contributed by atoms with Crippen LogP contribution in [0.15, 0.2) is 12.3 Å². The van der Waals surface area contributed by atoms with Crippen molar-refractivity contribution in [3.63, 3.8) is 0 Å². The van der Waals surface area contributed by atoms with Gasteiger partial charge in [-0.2, -0.15) is 5.10 Å². The lowest BCUT2D eigenvalue weighted by Gasteiger charge is -2.09. The molecule has 0 aliphatic rings. The van der Waals surface area contributed by atoms with Crippen molar-refractivity contribution in [2.75, 3.05) is 7.05 Å². The summed E-state index contributed by atoms with van der Waals surface area (Å²) < 4.78 is 2.05. The van der Waals surface area contributed by atoms with E-state index >= 15 is 0 Å². The van der Waals surface area contributed by atoms with E-state index in [-0.39, 0.29) is 0 Å². The molecule has 1 heterocycles. The Bertz CT molecular complexity index is 242. The molecule has 0 saturated carbocycles. The highest BCUT2D eigenvalue weighted by Gasteiger charge is 2.04. The molecule has 0 amide bonds. The third-order valence-electron chi connectivity index (χ3n) is 2.18. The van der Waals surface area contributed by atoms with Gasteiger partial charge in [0.2, 0.25) is 0 Å². The van der Waals surface area contributed by atoms with Gasteiger partial charge in [0.05, 0.1) is 5.69 Å². The van der Waals surface area contributed by atoms with Crippen LogP contribution in [-0.2, 0) is 6.54 Å². The summed E-state index contributed by atoms with van der Waals surface area (Å²) in [4.78, 5) is 0. The van der Waals surface area contributed by atoms with Crippen molar-refractivity contribution in [3.05, 3.63) is 18.0 Å². The summed E-state index contributed by atoms with van der Waals surface area (Å²) in [6, 6.07) is 2.60. The quantitative estimate of drug-likeness (QED) is 0.752. The van der Waals surface area contributed by atoms with Gasteiger partial charge in [0.15, 0.2) is 0 Å². The Hall–Kier alpha value is -0.830. The molecule has 1 atom stereocenters. The second kappa shape index (κ2) is 5.02. The Morgan fingerprint density at radius 2 is 2.38 bits per heavy atom. The highest BCUT2D eigenvalue weighted by atomic mass is 15.3. The second-order valence-corrected chi connectivity index (χ2v) is 3.46. The molecule has 0 fully saturated rings. The van der Waals surface area contributed by atoms with Crippen molar-refractivity contribution < 1.29 is 0 Å². The van der Waals surface area contributed by atoms with Crippen LogP contribution >= 0.6 is 0 Å². The van der Waals surface area contributed by atoms with Crippen LogP contribution in [0.5, 0.6) is 0 Å². The lowest BCUT2D eigenvalue weighted by Crippen LogP contribution is -2.09. The van der Waals surface area contributed by atoms with Gasteiger partial charge in [0.25, 0.3) is 0 Å². The zero-order valence-corrected chi connectivity index (χ0v) is 8.75. The van der Waals surface area contributed by atoms with Gasteiger partial charge < -0.3 is 5.32 Å².